The minimum atomic E-state index is 0.505. The van der Waals surface area contributed by atoms with Gasteiger partial charge in [-0.05, 0) is 47.9 Å². The smallest absolute Gasteiger partial charge is 0.0862 e. The lowest BCUT2D eigenvalue weighted by Crippen LogP contribution is -1.95. The van der Waals surface area contributed by atoms with E-state index in [4.69, 9.17) is 11.5 Å². The maximum Gasteiger partial charge on any atom is 0.0862 e. The fourth-order valence-corrected chi connectivity index (χ4v) is 1.88. The predicted octanol–water partition coefficient (Wildman–Crippen LogP) is 3.33. The van der Waals surface area contributed by atoms with Crippen LogP contribution in [0.15, 0.2) is 52.7 Å². The molecule has 0 aromatic heterocycles. The first-order valence-corrected chi connectivity index (χ1v) is 6.22. The fourth-order valence-electron chi connectivity index (χ4n) is 1.88. The third-order valence-electron chi connectivity index (χ3n) is 2.78. The zero-order chi connectivity index (χ0) is 13.7. The molecule has 0 heterocycles. The van der Waals surface area contributed by atoms with Crippen molar-refractivity contribution >= 4 is 11.4 Å². The molecule has 4 nitrogen and oxygen atoms in total. The molecule has 2 aromatic rings. The van der Waals surface area contributed by atoms with Gasteiger partial charge in [-0.1, -0.05) is 18.2 Å². The minimum Gasteiger partial charge on any atom is -0.326 e. The van der Waals surface area contributed by atoms with E-state index in [1.165, 1.54) is 0 Å². The number of hydrogen-bond donors (Lipinski definition) is 2. The summed E-state index contributed by atoms with van der Waals surface area (Å²) in [6, 6.07) is 13.7. The van der Waals surface area contributed by atoms with Gasteiger partial charge in [-0.3, -0.25) is 0 Å². The number of nitrogens with zero attached hydrogens (tertiary/aromatic N) is 2. The quantitative estimate of drug-likeness (QED) is 0.821. The summed E-state index contributed by atoms with van der Waals surface area (Å²) in [5.74, 6) is 0. The Bertz CT molecular complexity index is 590. The molecule has 98 valence electrons. The van der Waals surface area contributed by atoms with E-state index in [0.717, 1.165) is 28.1 Å². The molecule has 2 rings (SSSR count). The van der Waals surface area contributed by atoms with Gasteiger partial charge in [0.1, 0.15) is 0 Å². The third kappa shape index (κ3) is 3.71. The van der Waals surface area contributed by atoms with Crippen molar-refractivity contribution in [1.82, 2.24) is 0 Å². The van der Waals surface area contributed by atoms with Gasteiger partial charge in [0.25, 0.3) is 0 Å². The number of aryl methyl sites for hydroxylation is 1. The molecule has 0 saturated carbocycles. The molecule has 19 heavy (non-hydrogen) atoms. The molecule has 0 saturated heterocycles. The van der Waals surface area contributed by atoms with Crippen molar-refractivity contribution in [1.29, 1.82) is 0 Å². The van der Waals surface area contributed by atoms with Gasteiger partial charge in [0.05, 0.1) is 11.4 Å². The van der Waals surface area contributed by atoms with E-state index in [2.05, 4.69) is 10.2 Å². The van der Waals surface area contributed by atoms with Gasteiger partial charge in [-0.2, -0.15) is 10.2 Å². The van der Waals surface area contributed by atoms with Crippen molar-refractivity contribution in [2.45, 2.75) is 20.0 Å². The number of rotatable bonds is 4. The highest BCUT2D eigenvalue weighted by atomic mass is 15.1. The molecule has 4 heteroatoms. The largest absolute Gasteiger partial charge is 0.326 e. The van der Waals surface area contributed by atoms with Crippen LogP contribution in [-0.2, 0) is 13.1 Å². The highest BCUT2D eigenvalue weighted by Gasteiger charge is 1.97. The van der Waals surface area contributed by atoms with Gasteiger partial charge in [-0.25, -0.2) is 0 Å². The maximum atomic E-state index is 5.65. The molecule has 0 unspecified atom stereocenters. The predicted molar refractivity (Wildman–Crippen MR) is 77.6 cm³/mol. The number of azo groups is 1. The summed E-state index contributed by atoms with van der Waals surface area (Å²) in [6.07, 6.45) is 0. The van der Waals surface area contributed by atoms with Crippen molar-refractivity contribution in [3.63, 3.8) is 0 Å². The maximum absolute atomic E-state index is 5.65. The fraction of sp³-hybridized carbons (Fsp3) is 0.200. The van der Waals surface area contributed by atoms with Crippen LogP contribution in [0.2, 0.25) is 0 Å². The molecule has 0 aliphatic carbocycles. The van der Waals surface area contributed by atoms with E-state index in [-0.39, 0.29) is 0 Å². The highest BCUT2D eigenvalue weighted by molar-refractivity contribution is 5.45. The summed E-state index contributed by atoms with van der Waals surface area (Å²) in [5, 5.41) is 8.48. The lowest BCUT2D eigenvalue weighted by molar-refractivity contribution is 1.06. The first-order valence-electron chi connectivity index (χ1n) is 6.22. The molecule has 0 spiro atoms. The van der Waals surface area contributed by atoms with Gasteiger partial charge in [0, 0.05) is 13.1 Å². The first-order chi connectivity index (χ1) is 9.21. The van der Waals surface area contributed by atoms with E-state index in [9.17, 15) is 0 Å². The minimum absolute atomic E-state index is 0.505. The van der Waals surface area contributed by atoms with Gasteiger partial charge in [0.2, 0.25) is 0 Å². The highest BCUT2D eigenvalue weighted by Crippen LogP contribution is 2.21. The molecule has 4 N–H and O–H groups in total. The molecular weight excluding hydrogens is 236 g/mol. The number of benzene rings is 2. The van der Waals surface area contributed by atoms with Crippen LogP contribution in [0.5, 0.6) is 0 Å². The standard InChI is InChI=1S/C15H18N4/c1-11-5-13(10-17)8-15(6-11)19-18-14-4-2-3-12(7-14)9-16/h2-8H,9-10,16-17H2,1H3. The van der Waals surface area contributed by atoms with Crippen LogP contribution in [-0.4, -0.2) is 0 Å². The molecule has 0 fully saturated rings. The lowest BCUT2D eigenvalue weighted by Gasteiger charge is -2.01. The van der Waals surface area contributed by atoms with Gasteiger partial charge >= 0.3 is 0 Å². The molecule has 2 aromatic carbocycles. The Morgan fingerprint density at radius 2 is 1.53 bits per heavy atom. The van der Waals surface area contributed by atoms with Crippen LogP contribution in [0.1, 0.15) is 16.7 Å². The second-order valence-corrected chi connectivity index (χ2v) is 4.45. The summed E-state index contributed by atoms with van der Waals surface area (Å²) >= 11 is 0. The zero-order valence-corrected chi connectivity index (χ0v) is 11.0. The van der Waals surface area contributed by atoms with Crippen molar-refractivity contribution in [2.75, 3.05) is 0 Å². The summed E-state index contributed by atoms with van der Waals surface area (Å²) in [7, 11) is 0. The Balaban J connectivity index is 2.24. The first kappa shape index (κ1) is 13.4. The molecule has 0 aliphatic heterocycles. The molecule has 0 atom stereocenters. The Morgan fingerprint density at radius 1 is 0.842 bits per heavy atom. The summed E-state index contributed by atoms with van der Waals surface area (Å²) in [6.45, 7) is 3.03. The van der Waals surface area contributed by atoms with Crippen molar-refractivity contribution in [3.05, 3.63) is 59.2 Å². The van der Waals surface area contributed by atoms with Crippen LogP contribution in [0.4, 0.5) is 11.4 Å². The van der Waals surface area contributed by atoms with E-state index < -0.39 is 0 Å². The van der Waals surface area contributed by atoms with E-state index in [0.29, 0.717) is 13.1 Å². The van der Waals surface area contributed by atoms with Crippen LogP contribution in [0, 0.1) is 6.92 Å². The van der Waals surface area contributed by atoms with Gasteiger partial charge in [0.15, 0.2) is 0 Å². The Kier molecular flexibility index (Phi) is 4.39. The molecular formula is C15H18N4. The summed E-state index contributed by atoms with van der Waals surface area (Å²) in [4.78, 5) is 0. The van der Waals surface area contributed by atoms with Crippen LogP contribution in [0.3, 0.4) is 0 Å². The summed E-state index contributed by atoms with van der Waals surface area (Å²) < 4.78 is 0. The van der Waals surface area contributed by atoms with Crippen molar-refractivity contribution < 1.29 is 0 Å². The second kappa shape index (κ2) is 6.22. The normalized spacial score (nSPS) is 11.1. The molecule has 0 bridgehead atoms. The average Bonchev–Trinajstić information content (AvgIpc) is 2.44. The molecule has 0 aliphatic rings. The zero-order valence-electron chi connectivity index (χ0n) is 11.0. The Labute approximate surface area is 113 Å². The number of hydrogen-bond acceptors (Lipinski definition) is 4. The second-order valence-electron chi connectivity index (χ2n) is 4.45. The van der Waals surface area contributed by atoms with Gasteiger partial charge in [-0.15, -0.1) is 0 Å². The van der Waals surface area contributed by atoms with E-state index in [1.54, 1.807) is 0 Å². The van der Waals surface area contributed by atoms with Crippen LogP contribution in [0.25, 0.3) is 0 Å². The monoisotopic (exact) mass is 254 g/mol. The molecule has 0 radical (unpaired) electrons. The number of nitrogens with two attached hydrogens (primary N) is 2. The van der Waals surface area contributed by atoms with Crippen LogP contribution < -0.4 is 11.5 Å². The van der Waals surface area contributed by atoms with E-state index in [1.807, 2.05) is 49.4 Å². The van der Waals surface area contributed by atoms with Gasteiger partial charge < -0.3 is 11.5 Å². The Hall–Kier alpha value is -2.04. The van der Waals surface area contributed by atoms with E-state index >= 15 is 0 Å². The Morgan fingerprint density at radius 3 is 2.26 bits per heavy atom. The SMILES string of the molecule is Cc1cc(CN)cc(N=Nc2cccc(CN)c2)c1. The van der Waals surface area contributed by atoms with Crippen molar-refractivity contribution in [3.8, 4) is 0 Å². The topological polar surface area (TPSA) is 76.8 Å². The lowest BCUT2D eigenvalue weighted by atomic mass is 10.1. The van der Waals surface area contributed by atoms with Crippen LogP contribution >= 0.6 is 0 Å². The third-order valence-corrected chi connectivity index (χ3v) is 2.78. The summed E-state index contributed by atoms with van der Waals surface area (Å²) in [5.41, 5.74) is 16.1. The molecule has 0 amide bonds. The average molecular weight is 254 g/mol. The van der Waals surface area contributed by atoms with Crippen molar-refractivity contribution in [2.24, 2.45) is 21.7 Å².